The Morgan fingerprint density at radius 2 is 1.68 bits per heavy atom. The predicted octanol–water partition coefficient (Wildman–Crippen LogP) is 2.84. The minimum Gasteiger partial charge on any atom is -0.486 e. The highest BCUT2D eigenvalue weighted by atomic mass is 16.6. The van der Waals surface area contributed by atoms with E-state index in [9.17, 15) is 5.11 Å². The number of aliphatic hydroxyl groups is 1. The number of fused-ring (bicyclic) bond motifs is 1. The van der Waals surface area contributed by atoms with Crippen LogP contribution in [-0.2, 0) is 13.1 Å². The van der Waals surface area contributed by atoms with Gasteiger partial charge in [0, 0.05) is 45.4 Å². The van der Waals surface area contributed by atoms with Crippen molar-refractivity contribution in [3.8, 4) is 11.5 Å². The van der Waals surface area contributed by atoms with Crippen LogP contribution in [0.1, 0.15) is 23.1 Å². The highest BCUT2D eigenvalue weighted by Gasteiger charge is 2.27. The van der Waals surface area contributed by atoms with Crippen molar-refractivity contribution >= 4 is 0 Å². The van der Waals surface area contributed by atoms with Crippen molar-refractivity contribution in [2.45, 2.75) is 32.5 Å². The number of piperazine rings is 1. The van der Waals surface area contributed by atoms with Crippen molar-refractivity contribution in [3.05, 3.63) is 59.2 Å². The van der Waals surface area contributed by atoms with E-state index >= 15 is 0 Å². The molecule has 2 aliphatic heterocycles. The van der Waals surface area contributed by atoms with Gasteiger partial charge in [0.15, 0.2) is 11.5 Å². The number of benzene rings is 2. The van der Waals surface area contributed by atoms with Gasteiger partial charge in [0.1, 0.15) is 13.2 Å². The number of hydrogen-bond acceptors (Lipinski definition) is 5. The first kappa shape index (κ1) is 19.2. The molecule has 1 N–H and O–H groups in total. The van der Waals surface area contributed by atoms with Crippen LogP contribution in [0.2, 0.25) is 0 Å². The summed E-state index contributed by atoms with van der Waals surface area (Å²) in [7, 11) is 0. The molecule has 0 aliphatic carbocycles. The molecule has 4 rings (SSSR count). The predicted molar refractivity (Wildman–Crippen MR) is 110 cm³/mol. The average molecular weight is 383 g/mol. The zero-order valence-electron chi connectivity index (χ0n) is 16.6. The summed E-state index contributed by atoms with van der Waals surface area (Å²) in [5.74, 6) is 1.70. The van der Waals surface area contributed by atoms with Crippen molar-refractivity contribution in [3.63, 3.8) is 0 Å². The lowest BCUT2D eigenvalue weighted by Gasteiger charge is -2.41. The van der Waals surface area contributed by atoms with Gasteiger partial charge < -0.3 is 14.6 Å². The van der Waals surface area contributed by atoms with Crippen LogP contribution in [0.25, 0.3) is 0 Å². The molecule has 2 aliphatic rings. The van der Waals surface area contributed by atoms with Crippen molar-refractivity contribution in [1.29, 1.82) is 0 Å². The van der Waals surface area contributed by atoms with Crippen LogP contribution in [0.3, 0.4) is 0 Å². The molecular weight excluding hydrogens is 352 g/mol. The minimum atomic E-state index is 0.229. The Kier molecular flexibility index (Phi) is 6.15. The van der Waals surface area contributed by atoms with Crippen LogP contribution in [0.15, 0.2) is 42.5 Å². The van der Waals surface area contributed by atoms with E-state index in [2.05, 4.69) is 53.1 Å². The van der Waals surface area contributed by atoms with Crippen molar-refractivity contribution < 1.29 is 14.6 Å². The van der Waals surface area contributed by atoms with Crippen molar-refractivity contribution in [2.24, 2.45) is 0 Å². The summed E-state index contributed by atoms with van der Waals surface area (Å²) in [4.78, 5) is 5.00. The van der Waals surface area contributed by atoms with E-state index in [-0.39, 0.29) is 6.61 Å². The fraction of sp³-hybridized carbons (Fsp3) is 0.478. The van der Waals surface area contributed by atoms with E-state index in [1.807, 2.05) is 6.07 Å². The summed E-state index contributed by atoms with van der Waals surface area (Å²) < 4.78 is 11.3. The Morgan fingerprint density at radius 3 is 2.46 bits per heavy atom. The van der Waals surface area contributed by atoms with Crippen molar-refractivity contribution in [2.75, 3.05) is 39.5 Å². The van der Waals surface area contributed by atoms with Gasteiger partial charge in [0.25, 0.3) is 0 Å². The highest BCUT2D eigenvalue weighted by Crippen LogP contribution is 2.31. The minimum absolute atomic E-state index is 0.229. The Balaban J connectivity index is 1.39. The molecule has 0 unspecified atom stereocenters. The molecule has 28 heavy (non-hydrogen) atoms. The summed E-state index contributed by atoms with van der Waals surface area (Å²) >= 11 is 0. The molecular formula is C23H30N2O3. The smallest absolute Gasteiger partial charge is 0.161 e. The second kappa shape index (κ2) is 8.95. The van der Waals surface area contributed by atoms with Crippen LogP contribution in [0.5, 0.6) is 11.5 Å². The van der Waals surface area contributed by atoms with Gasteiger partial charge in [-0.15, -0.1) is 0 Å². The van der Waals surface area contributed by atoms with E-state index in [1.54, 1.807) is 0 Å². The molecule has 1 saturated heterocycles. The van der Waals surface area contributed by atoms with E-state index < -0.39 is 0 Å². The first-order chi connectivity index (χ1) is 13.7. The molecule has 5 heteroatoms. The number of hydrogen-bond donors (Lipinski definition) is 1. The Bertz CT molecular complexity index is 778. The topological polar surface area (TPSA) is 45.2 Å². The van der Waals surface area contributed by atoms with E-state index in [0.717, 1.165) is 50.6 Å². The van der Waals surface area contributed by atoms with Crippen molar-refractivity contribution in [1.82, 2.24) is 9.80 Å². The standard InChI is InChI=1S/C23H30N2O3/c1-18-2-4-19(5-3-18)16-25-10-9-24(17-21(25)8-11-26)15-20-6-7-22-23(14-20)28-13-12-27-22/h2-7,14,21,26H,8-13,15-17H2,1H3/t21-/m1/s1. The molecule has 0 spiro atoms. The van der Waals surface area contributed by atoms with Gasteiger partial charge in [-0.1, -0.05) is 35.9 Å². The molecule has 1 atom stereocenters. The number of nitrogens with zero attached hydrogens (tertiary/aromatic N) is 2. The van der Waals surface area contributed by atoms with Crippen LogP contribution < -0.4 is 9.47 Å². The lowest BCUT2D eigenvalue weighted by atomic mass is 10.1. The van der Waals surface area contributed by atoms with Gasteiger partial charge in [-0.3, -0.25) is 9.80 Å². The quantitative estimate of drug-likeness (QED) is 0.832. The molecule has 0 radical (unpaired) electrons. The monoisotopic (exact) mass is 382 g/mol. The maximum Gasteiger partial charge on any atom is 0.161 e. The largest absolute Gasteiger partial charge is 0.486 e. The highest BCUT2D eigenvalue weighted by molar-refractivity contribution is 5.43. The van der Waals surface area contributed by atoms with E-state index in [4.69, 9.17) is 9.47 Å². The van der Waals surface area contributed by atoms with Crippen LogP contribution in [0, 0.1) is 6.92 Å². The molecule has 150 valence electrons. The van der Waals surface area contributed by atoms with Gasteiger partial charge >= 0.3 is 0 Å². The van der Waals surface area contributed by atoms with Crippen LogP contribution in [0.4, 0.5) is 0 Å². The summed E-state index contributed by atoms with van der Waals surface area (Å²) in [6.07, 6.45) is 0.809. The number of aliphatic hydroxyl groups excluding tert-OH is 1. The number of ether oxygens (including phenoxy) is 2. The van der Waals surface area contributed by atoms with E-state index in [1.165, 1.54) is 16.7 Å². The van der Waals surface area contributed by atoms with Crippen LogP contribution >= 0.6 is 0 Å². The van der Waals surface area contributed by atoms with Gasteiger partial charge in [-0.05, 0) is 36.6 Å². The summed E-state index contributed by atoms with van der Waals surface area (Å²) in [5.41, 5.74) is 3.88. The Morgan fingerprint density at radius 1 is 0.929 bits per heavy atom. The molecule has 2 heterocycles. The fourth-order valence-electron chi connectivity index (χ4n) is 4.10. The van der Waals surface area contributed by atoms with Gasteiger partial charge in [0.05, 0.1) is 0 Å². The lowest BCUT2D eigenvalue weighted by molar-refractivity contribution is 0.0499. The molecule has 0 amide bonds. The third-order valence-electron chi connectivity index (χ3n) is 5.67. The Labute approximate surface area is 167 Å². The van der Waals surface area contributed by atoms with Gasteiger partial charge in [-0.2, -0.15) is 0 Å². The number of aryl methyl sites for hydroxylation is 1. The second-order valence-corrected chi connectivity index (χ2v) is 7.84. The average Bonchev–Trinajstić information content (AvgIpc) is 2.72. The maximum atomic E-state index is 9.57. The maximum absolute atomic E-state index is 9.57. The number of rotatable bonds is 6. The zero-order valence-corrected chi connectivity index (χ0v) is 16.6. The molecule has 0 saturated carbocycles. The first-order valence-corrected chi connectivity index (χ1v) is 10.2. The first-order valence-electron chi connectivity index (χ1n) is 10.2. The SMILES string of the molecule is Cc1ccc(CN2CCN(Cc3ccc4c(c3)OCCO4)C[C@H]2CCO)cc1. The van der Waals surface area contributed by atoms with Gasteiger partial charge in [0.2, 0.25) is 0 Å². The normalized spacial score (nSPS) is 20.3. The molecule has 5 nitrogen and oxygen atoms in total. The zero-order chi connectivity index (χ0) is 19.3. The second-order valence-electron chi connectivity index (χ2n) is 7.84. The molecule has 0 bridgehead atoms. The fourth-order valence-corrected chi connectivity index (χ4v) is 4.10. The lowest BCUT2D eigenvalue weighted by Crippen LogP contribution is -2.52. The summed E-state index contributed by atoms with van der Waals surface area (Å²) in [5, 5.41) is 9.57. The van der Waals surface area contributed by atoms with Crippen LogP contribution in [-0.4, -0.2) is 60.4 Å². The Hall–Kier alpha value is -2.08. The van der Waals surface area contributed by atoms with E-state index in [0.29, 0.717) is 19.3 Å². The third kappa shape index (κ3) is 4.66. The molecule has 2 aromatic carbocycles. The summed E-state index contributed by atoms with van der Waals surface area (Å²) in [6.45, 7) is 8.46. The van der Waals surface area contributed by atoms with Gasteiger partial charge in [-0.25, -0.2) is 0 Å². The molecule has 0 aromatic heterocycles. The third-order valence-corrected chi connectivity index (χ3v) is 5.67. The summed E-state index contributed by atoms with van der Waals surface area (Å²) in [6, 6.07) is 15.4. The molecule has 2 aromatic rings. The molecule has 1 fully saturated rings.